The molecule has 15 heavy (non-hydrogen) atoms. The van der Waals surface area contributed by atoms with Crippen LogP contribution in [0.3, 0.4) is 0 Å². The van der Waals surface area contributed by atoms with Crippen LogP contribution in [0, 0.1) is 0 Å². The zero-order valence-electron chi connectivity index (χ0n) is 8.52. The summed E-state index contributed by atoms with van der Waals surface area (Å²) >= 11 is 0. The first-order valence-corrected chi connectivity index (χ1v) is 5.18. The smallest absolute Gasteiger partial charge is 0.150 e. The molecule has 1 heterocycles. The molecule has 0 spiro atoms. The van der Waals surface area contributed by atoms with Gasteiger partial charge in [-0.3, -0.25) is 4.79 Å². The number of rotatable bonds is 3. The van der Waals surface area contributed by atoms with Crippen molar-refractivity contribution in [2.45, 2.75) is 18.9 Å². The van der Waals surface area contributed by atoms with Crippen LogP contribution in [-0.2, 0) is 4.74 Å². The van der Waals surface area contributed by atoms with Crippen LogP contribution in [0.25, 0.3) is 0 Å². The Morgan fingerprint density at radius 1 is 1.33 bits per heavy atom. The molecule has 0 unspecified atom stereocenters. The van der Waals surface area contributed by atoms with E-state index < -0.39 is 0 Å². The second-order valence-corrected chi connectivity index (χ2v) is 3.62. The van der Waals surface area contributed by atoms with Crippen LogP contribution < -0.4 is 4.74 Å². The Balaban J connectivity index is 1.99. The maximum Gasteiger partial charge on any atom is 0.150 e. The summed E-state index contributed by atoms with van der Waals surface area (Å²) in [6.07, 6.45) is 2.90. The molecule has 0 aliphatic carbocycles. The van der Waals surface area contributed by atoms with Crippen molar-refractivity contribution in [3.63, 3.8) is 0 Å². The molecule has 0 atom stereocenters. The van der Waals surface area contributed by atoms with E-state index in [0.29, 0.717) is 5.56 Å². The number of ether oxygens (including phenoxy) is 2. The van der Waals surface area contributed by atoms with Gasteiger partial charge < -0.3 is 9.47 Å². The Morgan fingerprint density at radius 2 is 2.13 bits per heavy atom. The van der Waals surface area contributed by atoms with Gasteiger partial charge in [-0.2, -0.15) is 0 Å². The van der Waals surface area contributed by atoms with Gasteiger partial charge in [-0.25, -0.2) is 0 Å². The van der Waals surface area contributed by atoms with Gasteiger partial charge in [0.25, 0.3) is 0 Å². The van der Waals surface area contributed by atoms with E-state index in [1.165, 1.54) is 0 Å². The standard InChI is InChI=1S/C12H14O3/c13-9-10-2-1-3-12(8-10)15-11-4-6-14-7-5-11/h1-3,8-9,11H,4-7H2. The first-order chi connectivity index (χ1) is 7.38. The maximum atomic E-state index is 10.6. The van der Waals surface area contributed by atoms with Gasteiger partial charge in [0.1, 0.15) is 18.1 Å². The zero-order chi connectivity index (χ0) is 10.5. The third kappa shape index (κ3) is 2.80. The van der Waals surface area contributed by atoms with Crippen LogP contribution in [-0.4, -0.2) is 25.6 Å². The number of hydrogen-bond acceptors (Lipinski definition) is 3. The predicted octanol–water partition coefficient (Wildman–Crippen LogP) is 2.06. The fourth-order valence-electron chi connectivity index (χ4n) is 1.65. The summed E-state index contributed by atoms with van der Waals surface area (Å²) in [6.45, 7) is 1.52. The number of hydrogen-bond donors (Lipinski definition) is 0. The van der Waals surface area contributed by atoms with Gasteiger partial charge in [0, 0.05) is 18.4 Å². The second kappa shape index (κ2) is 4.94. The summed E-state index contributed by atoms with van der Waals surface area (Å²) in [5, 5.41) is 0. The molecule has 0 bridgehead atoms. The van der Waals surface area contributed by atoms with Crippen molar-refractivity contribution in [3.05, 3.63) is 29.8 Å². The zero-order valence-corrected chi connectivity index (χ0v) is 8.52. The first kappa shape index (κ1) is 10.2. The summed E-state index contributed by atoms with van der Waals surface area (Å²) in [5.74, 6) is 0.770. The van der Waals surface area contributed by atoms with E-state index in [1.807, 2.05) is 12.1 Å². The van der Waals surface area contributed by atoms with Crippen LogP contribution in [0.5, 0.6) is 5.75 Å². The number of carbonyl (C=O) groups is 1. The van der Waals surface area contributed by atoms with Crippen molar-refractivity contribution >= 4 is 6.29 Å². The maximum absolute atomic E-state index is 10.6. The van der Waals surface area contributed by atoms with E-state index in [4.69, 9.17) is 9.47 Å². The monoisotopic (exact) mass is 206 g/mol. The molecule has 3 heteroatoms. The van der Waals surface area contributed by atoms with Gasteiger partial charge in [-0.05, 0) is 12.1 Å². The van der Waals surface area contributed by atoms with E-state index in [2.05, 4.69) is 0 Å². The molecule has 3 nitrogen and oxygen atoms in total. The van der Waals surface area contributed by atoms with Crippen molar-refractivity contribution in [1.82, 2.24) is 0 Å². The molecule has 80 valence electrons. The summed E-state index contributed by atoms with van der Waals surface area (Å²) in [4.78, 5) is 10.6. The minimum atomic E-state index is 0.223. The Morgan fingerprint density at radius 3 is 2.87 bits per heavy atom. The van der Waals surface area contributed by atoms with E-state index in [9.17, 15) is 4.79 Å². The lowest BCUT2D eigenvalue weighted by Crippen LogP contribution is -2.25. The van der Waals surface area contributed by atoms with Crippen LogP contribution in [0.15, 0.2) is 24.3 Å². The molecule has 1 fully saturated rings. The highest BCUT2D eigenvalue weighted by Gasteiger charge is 2.15. The highest BCUT2D eigenvalue weighted by Crippen LogP contribution is 2.18. The molecule has 1 aliphatic rings. The quantitative estimate of drug-likeness (QED) is 0.710. The van der Waals surface area contributed by atoms with E-state index in [-0.39, 0.29) is 6.10 Å². The molecular weight excluding hydrogens is 192 g/mol. The van der Waals surface area contributed by atoms with Crippen LogP contribution in [0.1, 0.15) is 23.2 Å². The average molecular weight is 206 g/mol. The molecule has 0 aromatic heterocycles. The molecular formula is C12H14O3. The second-order valence-electron chi connectivity index (χ2n) is 3.62. The van der Waals surface area contributed by atoms with Crippen molar-refractivity contribution in [3.8, 4) is 5.75 Å². The molecule has 2 rings (SSSR count). The minimum absolute atomic E-state index is 0.223. The largest absolute Gasteiger partial charge is 0.490 e. The molecule has 0 N–H and O–H groups in total. The Bertz CT molecular complexity index is 329. The molecule has 0 radical (unpaired) electrons. The lowest BCUT2D eigenvalue weighted by molar-refractivity contribution is 0.0255. The van der Waals surface area contributed by atoms with Crippen molar-refractivity contribution in [2.75, 3.05) is 13.2 Å². The lowest BCUT2D eigenvalue weighted by Gasteiger charge is -2.23. The lowest BCUT2D eigenvalue weighted by atomic mass is 10.1. The van der Waals surface area contributed by atoms with Gasteiger partial charge in [0.05, 0.1) is 13.2 Å². The molecule has 0 amide bonds. The number of benzene rings is 1. The summed E-state index contributed by atoms with van der Waals surface area (Å²) in [7, 11) is 0. The van der Waals surface area contributed by atoms with E-state index in [1.54, 1.807) is 12.1 Å². The third-order valence-corrected chi connectivity index (χ3v) is 2.47. The van der Waals surface area contributed by atoms with Gasteiger partial charge >= 0.3 is 0 Å². The number of aldehydes is 1. The Kier molecular flexibility index (Phi) is 3.35. The van der Waals surface area contributed by atoms with E-state index >= 15 is 0 Å². The van der Waals surface area contributed by atoms with E-state index in [0.717, 1.165) is 38.1 Å². The van der Waals surface area contributed by atoms with Crippen molar-refractivity contribution in [2.24, 2.45) is 0 Å². The van der Waals surface area contributed by atoms with Gasteiger partial charge in [-0.1, -0.05) is 12.1 Å². The molecule has 0 saturated carbocycles. The fraction of sp³-hybridized carbons (Fsp3) is 0.417. The summed E-state index contributed by atoms with van der Waals surface area (Å²) < 4.78 is 11.0. The SMILES string of the molecule is O=Cc1cccc(OC2CCOCC2)c1. The molecule has 1 aliphatic heterocycles. The number of carbonyl (C=O) groups excluding carboxylic acids is 1. The van der Waals surface area contributed by atoms with Crippen LogP contribution >= 0.6 is 0 Å². The Labute approximate surface area is 89.0 Å². The van der Waals surface area contributed by atoms with Crippen LogP contribution in [0.2, 0.25) is 0 Å². The average Bonchev–Trinajstić information content (AvgIpc) is 2.31. The topological polar surface area (TPSA) is 35.5 Å². The van der Waals surface area contributed by atoms with Gasteiger partial charge in [-0.15, -0.1) is 0 Å². The predicted molar refractivity (Wildman–Crippen MR) is 56.3 cm³/mol. The fourth-order valence-corrected chi connectivity index (χ4v) is 1.65. The van der Waals surface area contributed by atoms with Crippen molar-refractivity contribution in [1.29, 1.82) is 0 Å². The summed E-state index contributed by atoms with van der Waals surface area (Å²) in [5.41, 5.74) is 0.652. The first-order valence-electron chi connectivity index (χ1n) is 5.18. The normalized spacial score (nSPS) is 17.3. The molecule has 1 saturated heterocycles. The van der Waals surface area contributed by atoms with Crippen LogP contribution in [0.4, 0.5) is 0 Å². The third-order valence-electron chi connectivity index (χ3n) is 2.47. The highest BCUT2D eigenvalue weighted by molar-refractivity contribution is 5.75. The van der Waals surface area contributed by atoms with Gasteiger partial charge in [0.15, 0.2) is 0 Å². The minimum Gasteiger partial charge on any atom is -0.490 e. The Hall–Kier alpha value is -1.35. The van der Waals surface area contributed by atoms with Crippen molar-refractivity contribution < 1.29 is 14.3 Å². The molecule has 1 aromatic rings. The molecule has 1 aromatic carbocycles. The highest BCUT2D eigenvalue weighted by atomic mass is 16.5. The van der Waals surface area contributed by atoms with Gasteiger partial charge in [0.2, 0.25) is 0 Å². The summed E-state index contributed by atoms with van der Waals surface area (Å²) in [6, 6.07) is 7.24.